The molecule has 1 aliphatic rings. The van der Waals surface area contributed by atoms with Crippen LogP contribution >= 0.6 is 0 Å². The van der Waals surface area contributed by atoms with Crippen LogP contribution < -0.4 is 4.72 Å². The van der Waals surface area contributed by atoms with E-state index in [-0.39, 0.29) is 17.3 Å². The van der Waals surface area contributed by atoms with Gasteiger partial charge in [0.2, 0.25) is 10.0 Å². The molecule has 1 aliphatic heterocycles. The lowest BCUT2D eigenvalue weighted by atomic mass is 9.98. The highest BCUT2D eigenvalue weighted by atomic mass is 32.2. The van der Waals surface area contributed by atoms with Crippen molar-refractivity contribution < 1.29 is 17.6 Å². The summed E-state index contributed by atoms with van der Waals surface area (Å²) in [7, 11) is -3.71. The van der Waals surface area contributed by atoms with Gasteiger partial charge in [0, 0.05) is 18.7 Å². The fraction of sp³-hybridized carbons (Fsp3) is 0.389. The van der Waals surface area contributed by atoms with Crippen LogP contribution in [0.4, 0.5) is 0 Å². The molecule has 25 heavy (non-hydrogen) atoms. The summed E-state index contributed by atoms with van der Waals surface area (Å²) in [5.41, 5.74) is 0.399. The summed E-state index contributed by atoms with van der Waals surface area (Å²) in [4.78, 5) is 14.5. The van der Waals surface area contributed by atoms with Crippen LogP contribution in [0.3, 0.4) is 0 Å². The minimum Gasteiger partial charge on any atom is -0.468 e. The molecule has 0 radical (unpaired) electrons. The maximum atomic E-state index is 12.6. The quantitative estimate of drug-likeness (QED) is 0.887. The average Bonchev–Trinajstić information content (AvgIpc) is 3.14. The Morgan fingerprint density at radius 1 is 1.24 bits per heavy atom. The lowest BCUT2D eigenvalue weighted by Gasteiger charge is -2.30. The minimum atomic E-state index is -3.71. The molecule has 134 valence electrons. The number of carbonyl (C=O) groups is 1. The number of nitrogens with zero attached hydrogens (tertiary/aromatic N) is 1. The number of rotatable bonds is 5. The Morgan fingerprint density at radius 3 is 2.68 bits per heavy atom. The van der Waals surface area contributed by atoms with E-state index in [1.54, 1.807) is 29.2 Å². The summed E-state index contributed by atoms with van der Waals surface area (Å²) in [6.07, 6.45) is 3.45. The Hall–Kier alpha value is -2.12. The van der Waals surface area contributed by atoms with Crippen LogP contribution in [0.2, 0.25) is 0 Å². The van der Waals surface area contributed by atoms with E-state index in [0.29, 0.717) is 30.3 Å². The van der Waals surface area contributed by atoms with Gasteiger partial charge in [-0.3, -0.25) is 4.79 Å². The van der Waals surface area contributed by atoms with E-state index in [0.717, 1.165) is 12.8 Å². The van der Waals surface area contributed by atoms with Gasteiger partial charge in [0.05, 0.1) is 17.7 Å². The highest BCUT2D eigenvalue weighted by molar-refractivity contribution is 7.89. The molecule has 2 heterocycles. The van der Waals surface area contributed by atoms with Gasteiger partial charge >= 0.3 is 0 Å². The van der Waals surface area contributed by atoms with E-state index in [2.05, 4.69) is 11.6 Å². The standard InChI is InChI=1S/C18H22N2O4S/c1-14-7-9-20(10-8-14)18(21)15-4-2-6-17(12-15)25(22,23)19-13-16-5-3-11-24-16/h2-6,11-12,14,19H,7-10,13H2,1H3. The molecule has 0 spiro atoms. The Balaban J connectivity index is 1.73. The molecular weight excluding hydrogens is 340 g/mol. The van der Waals surface area contributed by atoms with E-state index in [9.17, 15) is 13.2 Å². The second kappa shape index (κ2) is 7.41. The van der Waals surface area contributed by atoms with Gasteiger partial charge in [0.1, 0.15) is 5.76 Å². The first-order chi connectivity index (χ1) is 12.0. The maximum Gasteiger partial charge on any atom is 0.253 e. The monoisotopic (exact) mass is 362 g/mol. The first-order valence-electron chi connectivity index (χ1n) is 8.37. The second-order valence-electron chi connectivity index (χ2n) is 6.41. The number of nitrogens with one attached hydrogen (secondary N) is 1. The molecule has 1 fully saturated rings. The summed E-state index contributed by atoms with van der Waals surface area (Å²) >= 11 is 0. The van der Waals surface area contributed by atoms with Crippen molar-refractivity contribution in [3.63, 3.8) is 0 Å². The van der Waals surface area contributed by atoms with E-state index < -0.39 is 10.0 Å². The molecule has 0 unspecified atom stereocenters. The molecule has 0 saturated carbocycles. The van der Waals surface area contributed by atoms with Crippen molar-refractivity contribution in [2.75, 3.05) is 13.1 Å². The lowest BCUT2D eigenvalue weighted by molar-refractivity contribution is 0.0697. The fourth-order valence-electron chi connectivity index (χ4n) is 2.85. The van der Waals surface area contributed by atoms with Crippen LogP contribution in [0.25, 0.3) is 0 Å². The molecule has 1 aromatic heterocycles. The number of amides is 1. The van der Waals surface area contributed by atoms with Gasteiger partial charge in [0.25, 0.3) is 5.91 Å². The van der Waals surface area contributed by atoms with Crippen molar-refractivity contribution in [3.8, 4) is 0 Å². The average molecular weight is 362 g/mol. The first kappa shape index (κ1) is 17.7. The predicted molar refractivity (Wildman–Crippen MR) is 93.5 cm³/mol. The lowest BCUT2D eigenvalue weighted by Crippen LogP contribution is -2.38. The van der Waals surface area contributed by atoms with E-state index in [1.165, 1.54) is 18.4 Å². The van der Waals surface area contributed by atoms with E-state index in [4.69, 9.17) is 4.42 Å². The van der Waals surface area contributed by atoms with Crippen molar-refractivity contribution in [3.05, 3.63) is 54.0 Å². The Labute approximate surface area is 147 Å². The summed E-state index contributed by atoms with van der Waals surface area (Å²) in [5.74, 6) is 1.04. The van der Waals surface area contributed by atoms with Crippen molar-refractivity contribution >= 4 is 15.9 Å². The van der Waals surface area contributed by atoms with Crippen molar-refractivity contribution in [1.82, 2.24) is 9.62 Å². The third-order valence-corrected chi connectivity index (χ3v) is 5.88. The van der Waals surface area contributed by atoms with Gasteiger partial charge in [0.15, 0.2) is 0 Å². The fourth-order valence-corrected chi connectivity index (χ4v) is 3.89. The summed E-state index contributed by atoms with van der Waals surface area (Å²) in [6.45, 7) is 3.68. The molecule has 3 rings (SSSR count). The van der Waals surface area contributed by atoms with Gasteiger partial charge in [-0.05, 0) is 49.1 Å². The Morgan fingerprint density at radius 2 is 2.00 bits per heavy atom. The molecule has 1 aromatic carbocycles. The zero-order valence-electron chi connectivity index (χ0n) is 14.1. The number of piperidine rings is 1. The highest BCUT2D eigenvalue weighted by Crippen LogP contribution is 2.19. The third-order valence-electron chi connectivity index (χ3n) is 4.48. The number of hydrogen-bond acceptors (Lipinski definition) is 4. The zero-order chi connectivity index (χ0) is 17.9. The summed E-state index contributed by atoms with van der Waals surface area (Å²) in [6, 6.07) is 9.57. The van der Waals surface area contributed by atoms with Crippen LogP contribution in [-0.4, -0.2) is 32.3 Å². The number of hydrogen-bond donors (Lipinski definition) is 1. The first-order valence-corrected chi connectivity index (χ1v) is 9.85. The van der Waals surface area contributed by atoms with Crippen LogP contribution in [0.5, 0.6) is 0 Å². The van der Waals surface area contributed by atoms with Gasteiger partial charge in [-0.15, -0.1) is 0 Å². The van der Waals surface area contributed by atoms with Crippen molar-refractivity contribution in [1.29, 1.82) is 0 Å². The number of carbonyl (C=O) groups excluding carboxylic acids is 1. The van der Waals surface area contributed by atoms with Gasteiger partial charge in [-0.1, -0.05) is 13.0 Å². The molecule has 1 amide bonds. The molecule has 1 N–H and O–H groups in total. The van der Waals surface area contributed by atoms with Crippen molar-refractivity contribution in [2.24, 2.45) is 5.92 Å². The van der Waals surface area contributed by atoms with Crippen LogP contribution in [0, 0.1) is 5.92 Å². The normalized spacial score (nSPS) is 16.1. The van der Waals surface area contributed by atoms with E-state index in [1.807, 2.05) is 0 Å². The van der Waals surface area contributed by atoms with Crippen LogP contribution in [-0.2, 0) is 16.6 Å². The minimum absolute atomic E-state index is 0.0670. The van der Waals surface area contributed by atoms with Gasteiger partial charge in [-0.25, -0.2) is 13.1 Å². The molecule has 1 saturated heterocycles. The molecule has 0 bridgehead atoms. The highest BCUT2D eigenvalue weighted by Gasteiger charge is 2.23. The van der Waals surface area contributed by atoms with Crippen LogP contribution in [0.1, 0.15) is 35.9 Å². The molecule has 0 atom stereocenters. The third kappa shape index (κ3) is 4.29. The van der Waals surface area contributed by atoms with Gasteiger partial charge in [-0.2, -0.15) is 0 Å². The van der Waals surface area contributed by atoms with Gasteiger partial charge < -0.3 is 9.32 Å². The number of furan rings is 1. The van der Waals surface area contributed by atoms with Crippen LogP contribution in [0.15, 0.2) is 52.0 Å². The number of sulfonamides is 1. The molecule has 6 nitrogen and oxygen atoms in total. The molecular formula is C18H22N2O4S. The SMILES string of the molecule is CC1CCN(C(=O)c2cccc(S(=O)(=O)NCc3ccco3)c2)CC1. The summed E-state index contributed by atoms with van der Waals surface area (Å²) in [5, 5.41) is 0. The second-order valence-corrected chi connectivity index (χ2v) is 8.17. The van der Waals surface area contributed by atoms with E-state index >= 15 is 0 Å². The number of likely N-dealkylation sites (tertiary alicyclic amines) is 1. The Kier molecular flexibility index (Phi) is 5.24. The molecule has 7 heteroatoms. The van der Waals surface area contributed by atoms with Crippen molar-refractivity contribution in [2.45, 2.75) is 31.2 Å². The predicted octanol–water partition coefficient (Wildman–Crippen LogP) is 2.63. The smallest absolute Gasteiger partial charge is 0.253 e. The Bertz CT molecular complexity index is 823. The zero-order valence-corrected chi connectivity index (χ0v) is 15.0. The topological polar surface area (TPSA) is 79.6 Å². The largest absolute Gasteiger partial charge is 0.468 e. The number of benzene rings is 1. The maximum absolute atomic E-state index is 12.6. The summed E-state index contributed by atoms with van der Waals surface area (Å²) < 4.78 is 32.5. The molecule has 2 aromatic rings. The molecule has 0 aliphatic carbocycles.